The van der Waals surface area contributed by atoms with Crippen molar-refractivity contribution in [2.24, 2.45) is 0 Å². The molecule has 0 aliphatic rings. The van der Waals surface area contributed by atoms with Gasteiger partial charge in [-0.15, -0.1) is 0 Å². The highest BCUT2D eigenvalue weighted by molar-refractivity contribution is 6.30. The number of carbonyl (C=O) groups excluding carboxylic acids is 2. The second-order valence-corrected chi connectivity index (χ2v) is 5.16. The number of hydrogen-bond donors (Lipinski definition) is 2. The molecule has 8 heteroatoms. The number of aryl methyl sites for hydroxylation is 1. The van der Waals surface area contributed by atoms with Gasteiger partial charge < -0.3 is 15.1 Å². The minimum absolute atomic E-state index is 0.210. The Morgan fingerprint density at radius 2 is 2.13 bits per heavy atom. The predicted octanol–water partition coefficient (Wildman–Crippen LogP) is 1.77. The summed E-state index contributed by atoms with van der Waals surface area (Å²) in [6.07, 6.45) is 1.44. The predicted molar refractivity (Wildman–Crippen MR) is 85.3 cm³/mol. The van der Waals surface area contributed by atoms with Crippen molar-refractivity contribution in [3.63, 3.8) is 0 Å². The molecule has 0 unspecified atom stereocenters. The number of amides is 1. The molecule has 0 spiro atoms. The second kappa shape index (κ2) is 7.15. The number of nitrogens with one attached hydrogen (secondary N) is 1. The molecule has 6 nitrogen and oxygen atoms in total. The standard InChI is InChI=1S/C15H12BClN2O4/c1-8-2-3-10(17)5-11(8)9-4-12(20)14(18-6-9)15(22)19-7-13(21)23-16/h2-6,20H,7H2,1H3,(H,19,22). The van der Waals surface area contributed by atoms with E-state index in [-0.39, 0.29) is 11.4 Å². The maximum absolute atomic E-state index is 11.9. The van der Waals surface area contributed by atoms with Gasteiger partial charge in [0.15, 0.2) is 5.69 Å². The van der Waals surface area contributed by atoms with Crippen LogP contribution in [0.3, 0.4) is 0 Å². The normalized spacial score (nSPS) is 10.2. The van der Waals surface area contributed by atoms with Crippen LogP contribution in [-0.2, 0) is 9.45 Å². The number of rotatable bonds is 4. The van der Waals surface area contributed by atoms with Crippen LogP contribution in [0.4, 0.5) is 0 Å². The molecule has 0 bridgehead atoms. The smallest absolute Gasteiger partial charge is 0.378 e. The molecule has 1 heterocycles. The van der Waals surface area contributed by atoms with Crippen LogP contribution in [0.1, 0.15) is 16.1 Å². The van der Waals surface area contributed by atoms with E-state index in [2.05, 4.69) is 23.0 Å². The van der Waals surface area contributed by atoms with Crippen molar-refractivity contribution in [3.05, 3.63) is 46.7 Å². The molecule has 2 rings (SSSR count). The Balaban J connectivity index is 2.25. The van der Waals surface area contributed by atoms with Crippen LogP contribution in [0.25, 0.3) is 11.1 Å². The molecular weight excluding hydrogens is 318 g/mol. The third-order valence-corrected chi connectivity index (χ3v) is 3.35. The zero-order valence-corrected chi connectivity index (χ0v) is 12.9. The average Bonchev–Trinajstić information content (AvgIpc) is 2.54. The monoisotopic (exact) mass is 330 g/mol. The Morgan fingerprint density at radius 3 is 2.78 bits per heavy atom. The van der Waals surface area contributed by atoms with Gasteiger partial charge in [-0.05, 0) is 36.2 Å². The Bertz CT molecular complexity index is 767. The van der Waals surface area contributed by atoms with E-state index in [0.717, 1.165) is 11.1 Å². The number of hydrogen-bond acceptors (Lipinski definition) is 5. The van der Waals surface area contributed by atoms with Gasteiger partial charge in [-0.3, -0.25) is 9.59 Å². The molecule has 1 aromatic carbocycles. The zero-order valence-electron chi connectivity index (χ0n) is 12.2. The quantitative estimate of drug-likeness (QED) is 0.834. The summed E-state index contributed by atoms with van der Waals surface area (Å²) in [5.74, 6) is -1.85. The van der Waals surface area contributed by atoms with Gasteiger partial charge in [0.2, 0.25) is 0 Å². The maximum Gasteiger partial charge on any atom is 0.378 e. The lowest BCUT2D eigenvalue weighted by Gasteiger charge is -2.09. The lowest BCUT2D eigenvalue weighted by atomic mass is 10.0. The second-order valence-electron chi connectivity index (χ2n) is 4.72. The van der Waals surface area contributed by atoms with Gasteiger partial charge >= 0.3 is 14.0 Å². The Hall–Kier alpha value is -2.54. The van der Waals surface area contributed by atoms with Gasteiger partial charge in [0, 0.05) is 16.8 Å². The van der Waals surface area contributed by atoms with Crippen molar-refractivity contribution >= 4 is 31.5 Å². The largest absolute Gasteiger partial charge is 0.542 e. The summed E-state index contributed by atoms with van der Waals surface area (Å²) in [6.45, 7) is 1.47. The molecule has 1 amide bonds. The summed E-state index contributed by atoms with van der Waals surface area (Å²) >= 11 is 5.97. The number of halogens is 1. The van der Waals surface area contributed by atoms with Crippen molar-refractivity contribution in [2.45, 2.75) is 6.92 Å². The van der Waals surface area contributed by atoms with Crippen molar-refractivity contribution in [1.29, 1.82) is 0 Å². The topological polar surface area (TPSA) is 88.5 Å². The minimum Gasteiger partial charge on any atom is -0.542 e. The SMILES string of the molecule is [B]OC(=O)CNC(=O)c1ncc(-c2cc(Cl)ccc2C)cc1O. The van der Waals surface area contributed by atoms with Crippen LogP contribution in [0, 0.1) is 6.92 Å². The fraction of sp³-hybridized carbons (Fsp3) is 0.133. The van der Waals surface area contributed by atoms with E-state index < -0.39 is 18.4 Å². The van der Waals surface area contributed by atoms with E-state index in [4.69, 9.17) is 11.6 Å². The van der Waals surface area contributed by atoms with Crippen LogP contribution in [0.2, 0.25) is 5.02 Å². The van der Waals surface area contributed by atoms with Gasteiger partial charge in [0.25, 0.3) is 5.91 Å². The van der Waals surface area contributed by atoms with Gasteiger partial charge in [-0.2, -0.15) is 0 Å². The number of nitrogens with zero attached hydrogens (tertiary/aromatic N) is 1. The number of aromatic nitrogens is 1. The van der Waals surface area contributed by atoms with Crippen molar-refractivity contribution < 1.29 is 19.3 Å². The summed E-state index contributed by atoms with van der Waals surface area (Å²) in [5.41, 5.74) is 2.14. The molecule has 0 fully saturated rings. The number of carbonyl (C=O) groups is 2. The molecule has 0 aliphatic heterocycles. The number of benzene rings is 1. The first kappa shape index (κ1) is 16.8. The van der Waals surface area contributed by atoms with E-state index in [1.807, 2.05) is 13.0 Å². The maximum atomic E-state index is 11.9. The molecule has 116 valence electrons. The van der Waals surface area contributed by atoms with Gasteiger partial charge in [-0.25, -0.2) is 4.98 Å². The summed E-state index contributed by atoms with van der Waals surface area (Å²) < 4.78 is 3.92. The first-order valence-electron chi connectivity index (χ1n) is 6.55. The van der Waals surface area contributed by atoms with Crippen molar-refractivity contribution in [3.8, 4) is 16.9 Å². The van der Waals surface area contributed by atoms with Crippen molar-refractivity contribution in [2.75, 3.05) is 6.54 Å². The first-order chi connectivity index (χ1) is 10.9. The van der Waals surface area contributed by atoms with E-state index in [9.17, 15) is 14.7 Å². The summed E-state index contributed by atoms with van der Waals surface area (Å²) in [7, 11) is 4.66. The fourth-order valence-corrected chi connectivity index (χ4v) is 2.13. The lowest BCUT2D eigenvalue weighted by Crippen LogP contribution is -2.30. The van der Waals surface area contributed by atoms with Crippen LogP contribution < -0.4 is 5.32 Å². The molecule has 23 heavy (non-hydrogen) atoms. The Labute approximate surface area is 138 Å². The van der Waals surface area contributed by atoms with Gasteiger partial charge in [0.1, 0.15) is 12.3 Å². The minimum atomic E-state index is -0.816. The molecule has 0 saturated heterocycles. The molecule has 2 N–H and O–H groups in total. The highest BCUT2D eigenvalue weighted by Gasteiger charge is 2.15. The molecular formula is C15H12BClN2O4. The molecule has 2 aromatic rings. The zero-order chi connectivity index (χ0) is 17.0. The van der Waals surface area contributed by atoms with Crippen molar-refractivity contribution in [1.82, 2.24) is 10.3 Å². The first-order valence-corrected chi connectivity index (χ1v) is 6.93. The van der Waals surface area contributed by atoms with E-state index >= 15 is 0 Å². The van der Waals surface area contributed by atoms with E-state index in [1.165, 1.54) is 12.3 Å². The van der Waals surface area contributed by atoms with Gasteiger partial charge in [-0.1, -0.05) is 17.7 Å². The molecule has 0 atom stereocenters. The molecule has 0 saturated carbocycles. The highest BCUT2D eigenvalue weighted by Crippen LogP contribution is 2.29. The van der Waals surface area contributed by atoms with E-state index in [1.54, 1.807) is 12.1 Å². The molecule has 1 aromatic heterocycles. The summed E-state index contributed by atoms with van der Waals surface area (Å²) in [5, 5.41) is 12.8. The summed E-state index contributed by atoms with van der Waals surface area (Å²) in [4.78, 5) is 26.7. The van der Waals surface area contributed by atoms with Crippen LogP contribution in [-0.4, -0.2) is 36.6 Å². The summed E-state index contributed by atoms with van der Waals surface area (Å²) in [6, 6.07) is 6.74. The van der Waals surface area contributed by atoms with Gasteiger partial charge in [0.05, 0.1) is 0 Å². The van der Waals surface area contributed by atoms with Crippen LogP contribution in [0.5, 0.6) is 5.75 Å². The Kier molecular flexibility index (Phi) is 5.23. The molecule has 2 radical (unpaired) electrons. The lowest BCUT2D eigenvalue weighted by molar-refractivity contribution is -0.132. The fourth-order valence-electron chi connectivity index (χ4n) is 1.96. The van der Waals surface area contributed by atoms with Crippen LogP contribution >= 0.6 is 11.6 Å². The highest BCUT2D eigenvalue weighted by atomic mass is 35.5. The molecule has 0 aliphatic carbocycles. The number of pyridine rings is 1. The van der Waals surface area contributed by atoms with Crippen LogP contribution in [0.15, 0.2) is 30.5 Å². The average molecular weight is 331 g/mol. The third-order valence-electron chi connectivity index (χ3n) is 3.12. The third kappa shape index (κ3) is 4.01. The Morgan fingerprint density at radius 1 is 1.39 bits per heavy atom. The number of aromatic hydroxyl groups is 1. The van der Waals surface area contributed by atoms with E-state index in [0.29, 0.717) is 10.6 Å².